The highest BCUT2D eigenvalue weighted by Gasteiger charge is 2.26. The van der Waals surface area contributed by atoms with Crippen LogP contribution in [0.1, 0.15) is 31.4 Å². The van der Waals surface area contributed by atoms with Crippen LogP contribution in [-0.2, 0) is 4.79 Å². The first-order valence-corrected chi connectivity index (χ1v) is 9.80. The van der Waals surface area contributed by atoms with E-state index in [0.29, 0.717) is 35.5 Å². The molecule has 150 valence electrons. The summed E-state index contributed by atoms with van der Waals surface area (Å²) in [6, 6.07) is 9.15. The van der Waals surface area contributed by atoms with Gasteiger partial charge in [-0.3, -0.25) is 9.36 Å². The summed E-state index contributed by atoms with van der Waals surface area (Å²) in [5, 5.41) is 13.6. The molecular weight excluding hydrogens is 382 g/mol. The van der Waals surface area contributed by atoms with Gasteiger partial charge in [0.1, 0.15) is 0 Å². The van der Waals surface area contributed by atoms with Crippen LogP contribution >= 0.6 is 0 Å². The number of fused-ring (bicyclic) bond motifs is 2. The molecule has 5 rings (SSSR count). The number of nitrogens with one attached hydrogen (secondary N) is 1. The van der Waals surface area contributed by atoms with Gasteiger partial charge >= 0.3 is 5.69 Å². The van der Waals surface area contributed by atoms with E-state index in [1.165, 1.54) is 0 Å². The van der Waals surface area contributed by atoms with Crippen LogP contribution in [0, 0.1) is 11.3 Å². The number of aromatic amines is 1. The zero-order valence-corrected chi connectivity index (χ0v) is 16.4. The predicted octanol–water partition coefficient (Wildman–Crippen LogP) is 2.09. The summed E-state index contributed by atoms with van der Waals surface area (Å²) < 4.78 is 3.36. The maximum atomic E-state index is 12.7. The number of carbonyl (C=O) groups is 1. The normalized spacial score (nSPS) is 16.8. The Morgan fingerprint density at radius 2 is 2.20 bits per heavy atom. The molecule has 0 aliphatic carbocycles. The van der Waals surface area contributed by atoms with E-state index in [1.807, 2.05) is 12.1 Å². The van der Waals surface area contributed by atoms with Gasteiger partial charge in [0.05, 0.1) is 40.6 Å². The first-order valence-electron chi connectivity index (χ1n) is 9.80. The van der Waals surface area contributed by atoms with Crippen LogP contribution in [0.25, 0.3) is 27.9 Å². The summed E-state index contributed by atoms with van der Waals surface area (Å²) in [6.45, 7) is 2.76. The van der Waals surface area contributed by atoms with Crippen LogP contribution in [0.15, 0.2) is 41.5 Å². The number of H-pyrrole nitrogens is 1. The smallest absolute Gasteiger partial charge is 0.327 e. The molecule has 4 aromatic rings. The molecule has 0 bridgehead atoms. The van der Waals surface area contributed by atoms with Crippen LogP contribution in [0.2, 0.25) is 0 Å². The van der Waals surface area contributed by atoms with Gasteiger partial charge in [0.25, 0.3) is 0 Å². The fourth-order valence-electron chi connectivity index (χ4n) is 4.19. The van der Waals surface area contributed by atoms with Crippen LogP contribution in [0.5, 0.6) is 0 Å². The third kappa shape index (κ3) is 2.85. The van der Waals surface area contributed by atoms with Crippen molar-refractivity contribution < 1.29 is 4.79 Å². The van der Waals surface area contributed by atoms with Crippen molar-refractivity contribution in [3.8, 4) is 17.3 Å². The third-order valence-electron chi connectivity index (χ3n) is 5.70. The molecule has 0 unspecified atom stereocenters. The number of hydrogen-bond donors (Lipinski definition) is 1. The summed E-state index contributed by atoms with van der Waals surface area (Å²) >= 11 is 0. The molecule has 0 spiro atoms. The van der Waals surface area contributed by atoms with Gasteiger partial charge in [0.2, 0.25) is 5.91 Å². The topological polar surface area (TPSA) is 112 Å². The number of nitriles is 1. The molecule has 5 heterocycles. The number of hydrogen-bond acceptors (Lipinski definition) is 5. The number of carbonyl (C=O) groups excluding carboxylic acids is 1. The third-order valence-corrected chi connectivity index (χ3v) is 5.70. The molecule has 9 nitrogen and oxygen atoms in total. The van der Waals surface area contributed by atoms with Gasteiger partial charge in [-0.1, -0.05) is 0 Å². The van der Waals surface area contributed by atoms with Crippen LogP contribution in [0.4, 0.5) is 0 Å². The van der Waals surface area contributed by atoms with Crippen molar-refractivity contribution in [3.05, 3.63) is 52.7 Å². The lowest BCUT2D eigenvalue weighted by molar-refractivity contribution is -0.130. The molecule has 1 amide bonds. The van der Waals surface area contributed by atoms with E-state index in [9.17, 15) is 14.9 Å². The molecule has 1 aliphatic rings. The van der Waals surface area contributed by atoms with Gasteiger partial charge in [-0.2, -0.15) is 10.4 Å². The van der Waals surface area contributed by atoms with Gasteiger partial charge in [-0.05, 0) is 37.1 Å². The van der Waals surface area contributed by atoms with Crippen molar-refractivity contribution in [1.29, 1.82) is 5.26 Å². The van der Waals surface area contributed by atoms with Crippen molar-refractivity contribution in [2.24, 2.45) is 0 Å². The van der Waals surface area contributed by atoms with Gasteiger partial charge in [0, 0.05) is 31.8 Å². The number of imidazole rings is 1. The molecule has 30 heavy (non-hydrogen) atoms. The van der Waals surface area contributed by atoms with Crippen molar-refractivity contribution >= 4 is 22.6 Å². The molecule has 1 N–H and O–H groups in total. The van der Waals surface area contributed by atoms with Crippen molar-refractivity contribution in [2.45, 2.75) is 25.8 Å². The minimum atomic E-state index is -0.225. The van der Waals surface area contributed by atoms with E-state index < -0.39 is 0 Å². The average molecular weight is 401 g/mol. The molecule has 0 saturated carbocycles. The number of rotatable bonds is 2. The molecule has 0 radical (unpaired) electrons. The second-order valence-corrected chi connectivity index (χ2v) is 7.54. The molecule has 9 heteroatoms. The number of amides is 1. The van der Waals surface area contributed by atoms with Crippen LogP contribution in [0.3, 0.4) is 0 Å². The summed E-state index contributed by atoms with van der Waals surface area (Å²) in [5.74, 6) is 0.0147. The maximum absolute atomic E-state index is 12.7. The largest absolute Gasteiger partial charge is 0.341 e. The van der Waals surface area contributed by atoms with E-state index in [-0.39, 0.29) is 17.6 Å². The van der Waals surface area contributed by atoms with Crippen molar-refractivity contribution in [1.82, 2.24) is 29.0 Å². The van der Waals surface area contributed by atoms with Crippen LogP contribution in [-0.4, -0.2) is 48.0 Å². The van der Waals surface area contributed by atoms with Crippen molar-refractivity contribution in [3.63, 3.8) is 0 Å². The first kappa shape index (κ1) is 18.1. The second kappa shape index (κ2) is 6.84. The number of likely N-dealkylation sites (tertiary alicyclic amines) is 1. The van der Waals surface area contributed by atoms with Gasteiger partial charge < -0.3 is 9.88 Å². The number of piperidine rings is 1. The fourth-order valence-corrected chi connectivity index (χ4v) is 4.19. The highest BCUT2D eigenvalue weighted by molar-refractivity contribution is 5.82. The molecule has 1 saturated heterocycles. The van der Waals surface area contributed by atoms with Gasteiger partial charge in [-0.15, -0.1) is 0 Å². The van der Waals surface area contributed by atoms with Gasteiger partial charge in [0.15, 0.2) is 5.65 Å². The Balaban J connectivity index is 1.63. The highest BCUT2D eigenvalue weighted by atomic mass is 16.2. The molecule has 4 aromatic heterocycles. The average Bonchev–Trinajstić information content (AvgIpc) is 3.32. The minimum absolute atomic E-state index is 0.0147. The Bertz CT molecular complexity index is 1390. The highest BCUT2D eigenvalue weighted by Crippen LogP contribution is 2.27. The van der Waals surface area contributed by atoms with Crippen molar-refractivity contribution in [2.75, 3.05) is 13.1 Å². The molecule has 0 aromatic carbocycles. The Kier molecular flexibility index (Phi) is 4.13. The number of pyridine rings is 2. The van der Waals surface area contributed by atoms with Crippen LogP contribution < -0.4 is 5.69 Å². The quantitative estimate of drug-likeness (QED) is 0.553. The summed E-state index contributed by atoms with van der Waals surface area (Å²) in [5.41, 5.74) is 3.74. The molecular formula is C21H19N7O2. The Labute approximate surface area is 171 Å². The molecule has 1 aliphatic heterocycles. The summed E-state index contributed by atoms with van der Waals surface area (Å²) in [7, 11) is 0. The monoisotopic (exact) mass is 401 g/mol. The number of nitrogens with zero attached hydrogens (tertiary/aromatic N) is 6. The van der Waals surface area contributed by atoms with E-state index in [4.69, 9.17) is 4.98 Å². The lowest BCUT2D eigenvalue weighted by Crippen LogP contribution is -2.41. The second-order valence-electron chi connectivity index (χ2n) is 7.54. The Morgan fingerprint density at radius 1 is 1.33 bits per heavy atom. The number of aromatic nitrogens is 5. The van der Waals surface area contributed by atoms with E-state index in [2.05, 4.69) is 16.2 Å². The van der Waals surface area contributed by atoms with E-state index >= 15 is 0 Å². The molecule has 1 fully saturated rings. The minimum Gasteiger partial charge on any atom is -0.341 e. The molecule has 1 atom stereocenters. The lowest BCUT2D eigenvalue weighted by Gasteiger charge is -2.32. The standard InChI is InChI=1S/C21H19N7O2/c1-13(29)26-7-2-3-15(12-26)28-20-18(25-21(28)30)5-4-17(24-20)16-11-23-27-8-6-14(10-22)9-19(16)27/h4-6,8-9,11,15H,2-3,7,12H2,1H3,(H,25,30)/t15-/m0/s1. The first-order chi connectivity index (χ1) is 14.5. The van der Waals surface area contributed by atoms with E-state index in [0.717, 1.165) is 23.9 Å². The predicted molar refractivity (Wildman–Crippen MR) is 110 cm³/mol. The van der Waals surface area contributed by atoms with E-state index in [1.54, 1.807) is 45.4 Å². The Morgan fingerprint density at radius 3 is 3.00 bits per heavy atom. The zero-order valence-electron chi connectivity index (χ0n) is 16.4. The Hall–Kier alpha value is -3.93. The van der Waals surface area contributed by atoms with Gasteiger partial charge in [-0.25, -0.2) is 14.3 Å². The fraction of sp³-hybridized carbons (Fsp3) is 0.286. The maximum Gasteiger partial charge on any atom is 0.327 e. The SMILES string of the molecule is CC(=O)N1CCC[C@H](n2c(=O)[nH]c3ccc(-c4cnn5ccc(C#N)cc45)nc32)C1. The summed E-state index contributed by atoms with van der Waals surface area (Å²) in [6.07, 6.45) is 5.09. The zero-order chi connectivity index (χ0) is 20.8. The summed E-state index contributed by atoms with van der Waals surface area (Å²) in [4.78, 5) is 34.0. The lowest BCUT2D eigenvalue weighted by atomic mass is 10.1.